The molecule has 0 aliphatic rings. The molecular formula is C53H99N5O7. The highest BCUT2D eigenvalue weighted by Crippen LogP contribution is 2.19. The lowest BCUT2D eigenvalue weighted by Crippen LogP contribution is -2.37. The second-order valence-electron chi connectivity index (χ2n) is 18.8. The molecule has 1 amide bonds. The molecule has 1 heterocycles. The molecule has 1 atom stereocenters. The van der Waals surface area contributed by atoms with Crippen molar-refractivity contribution in [1.29, 1.82) is 0 Å². The minimum Gasteiger partial charge on any atom is -0.466 e. The molecule has 0 saturated heterocycles. The Morgan fingerprint density at radius 2 is 1.09 bits per heavy atom. The van der Waals surface area contributed by atoms with Crippen LogP contribution in [0.25, 0.3) is 0 Å². The van der Waals surface area contributed by atoms with Gasteiger partial charge in [0.15, 0.2) is 0 Å². The molecule has 0 bridgehead atoms. The number of carbonyl (C=O) groups is 3. The van der Waals surface area contributed by atoms with Gasteiger partial charge in [0.2, 0.25) is 0 Å². The first-order valence-electron chi connectivity index (χ1n) is 27.1. The van der Waals surface area contributed by atoms with E-state index in [2.05, 4.69) is 36.0 Å². The smallest absolute Gasteiger partial charge is 0.357 e. The predicted molar refractivity (Wildman–Crippen MR) is 268 cm³/mol. The third-order valence-corrected chi connectivity index (χ3v) is 12.5. The number of hydrogen-bond donors (Lipinski definition) is 3. The first-order chi connectivity index (χ1) is 31.7. The second-order valence-corrected chi connectivity index (χ2v) is 18.8. The number of anilines is 1. The van der Waals surface area contributed by atoms with E-state index >= 15 is 0 Å². The molecule has 4 N–H and O–H groups in total. The lowest BCUT2D eigenvalue weighted by molar-refractivity contribution is -0.150. The maximum absolute atomic E-state index is 12.9. The normalized spacial score (nSPS) is 12.0. The summed E-state index contributed by atoms with van der Waals surface area (Å²) >= 11 is 0. The summed E-state index contributed by atoms with van der Waals surface area (Å²) in [5.41, 5.74) is 4.80. The SMILES string of the molecule is CCCCCCCCCCCOC(=O)CCCCCN(CCCCCCCC(=O)OC(CCCCCCCC)CCCCCCCC)CC(O)CCCCNC(=O)n1ccc(N)nc1=O. The maximum Gasteiger partial charge on any atom is 0.357 e. The number of nitrogens with zero attached hydrogens (tertiary/aromatic N) is 3. The molecule has 65 heavy (non-hydrogen) atoms. The van der Waals surface area contributed by atoms with Crippen molar-refractivity contribution in [3.8, 4) is 0 Å². The number of nitrogen functional groups attached to an aromatic ring is 1. The van der Waals surface area contributed by atoms with E-state index in [1.807, 2.05) is 0 Å². The van der Waals surface area contributed by atoms with E-state index in [1.165, 1.54) is 121 Å². The molecule has 12 heteroatoms. The second kappa shape index (κ2) is 43.6. The van der Waals surface area contributed by atoms with Gasteiger partial charge < -0.3 is 30.5 Å². The largest absolute Gasteiger partial charge is 0.466 e. The number of nitrogens with one attached hydrogen (secondary N) is 1. The van der Waals surface area contributed by atoms with Crippen LogP contribution in [0.15, 0.2) is 17.1 Å². The highest BCUT2D eigenvalue weighted by atomic mass is 16.5. The van der Waals surface area contributed by atoms with Crippen LogP contribution in [0.2, 0.25) is 0 Å². The number of amides is 1. The Balaban J connectivity index is 2.46. The van der Waals surface area contributed by atoms with Gasteiger partial charge in [-0.1, -0.05) is 162 Å². The molecule has 1 aromatic heterocycles. The fourth-order valence-corrected chi connectivity index (χ4v) is 8.44. The highest BCUT2D eigenvalue weighted by Gasteiger charge is 2.16. The zero-order chi connectivity index (χ0) is 47.4. The van der Waals surface area contributed by atoms with Crippen LogP contribution >= 0.6 is 0 Å². The Morgan fingerprint density at radius 3 is 1.65 bits per heavy atom. The Bertz CT molecular complexity index is 1330. The van der Waals surface area contributed by atoms with Gasteiger partial charge in [0.05, 0.1) is 12.7 Å². The van der Waals surface area contributed by atoms with E-state index in [0.717, 1.165) is 114 Å². The summed E-state index contributed by atoms with van der Waals surface area (Å²) in [4.78, 5) is 55.5. The molecule has 0 saturated carbocycles. The van der Waals surface area contributed by atoms with Gasteiger partial charge in [-0.3, -0.25) is 9.59 Å². The van der Waals surface area contributed by atoms with Gasteiger partial charge in [-0.15, -0.1) is 0 Å². The lowest BCUT2D eigenvalue weighted by Gasteiger charge is -2.25. The Morgan fingerprint density at radius 1 is 0.631 bits per heavy atom. The quantitative estimate of drug-likeness (QED) is 0.0423. The van der Waals surface area contributed by atoms with Gasteiger partial charge in [-0.25, -0.2) is 14.2 Å². The summed E-state index contributed by atoms with van der Waals surface area (Å²) in [6.45, 7) is 9.96. The monoisotopic (exact) mass is 918 g/mol. The average Bonchev–Trinajstić information content (AvgIpc) is 3.28. The summed E-state index contributed by atoms with van der Waals surface area (Å²) in [5, 5.41) is 13.7. The molecule has 0 fully saturated rings. The van der Waals surface area contributed by atoms with Gasteiger partial charge >= 0.3 is 23.7 Å². The number of ether oxygens (including phenoxy) is 2. The van der Waals surface area contributed by atoms with Crippen LogP contribution in [0.5, 0.6) is 0 Å². The fourth-order valence-electron chi connectivity index (χ4n) is 8.44. The Kier molecular flexibility index (Phi) is 40.2. The summed E-state index contributed by atoms with van der Waals surface area (Å²) in [5.74, 6) is -0.0628. The minimum atomic E-state index is -0.719. The van der Waals surface area contributed by atoms with Gasteiger partial charge in [-0.2, -0.15) is 4.98 Å². The minimum absolute atomic E-state index is 0.0313. The number of aromatic nitrogens is 2. The molecule has 1 rings (SSSR count). The summed E-state index contributed by atoms with van der Waals surface area (Å²) < 4.78 is 12.5. The van der Waals surface area contributed by atoms with Crippen molar-refractivity contribution in [3.05, 3.63) is 22.7 Å². The highest BCUT2D eigenvalue weighted by molar-refractivity contribution is 5.76. The first kappa shape index (κ1) is 60.0. The van der Waals surface area contributed by atoms with Crippen LogP contribution in [0.4, 0.5) is 10.6 Å². The molecule has 0 aliphatic carbocycles. The van der Waals surface area contributed by atoms with Gasteiger partial charge in [-0.05, 0) is 96.2 Å². The number of esters is 2. The zero-order valence-corrected chi connectivity index (χ0v) is 42.1. The van der Waals surface area contributed by atoms with Crippen LogP contribution in [-0.4, -0.2) is 82.5 Å². The van der Waals surface area contributed by atoms with Crippen LogP contribution in [-0.2, 0) is 19.1 Å². The number of aliphatic hydroxyl groups excluding tert-OH is 1. The van der Waals surface area contributed by atoms with Gasteiger partial charge in [0, 0.05) is 32.1 Å². The average molecular weight is 918 g/mol. The van der Waals surface area contributed by atoms with E-state index in [1.54, 1.807) is 0 Å². The third kappa shape index (κ3) is 36.8. The molecule has 1 aromatic rings. The van der Waals surface area contributed by atoms with E-state index in [9.17, 15) is 24.3 Å². The summed E-state index contributed by atoms with van der Waals surface area (Å²) in [6, 6.07) is 0.854. The number of hydrogen-bond acceptors (Lipinski definition) is 10. The van der Waals surface area contributed by atoms with Crippen LogP contribution in [0, 0.1) is 0 Å². The summed E-state index contributed by atoms with van der Waals surface area (Å²) in [6.07, 6.45) is 39.7. The lowest BCUT2D eigenvalue weighted by atomic mass is 10.0. The molecule has 378 valence electrons. The van der Waals surface area contributed by atoms with E-state index in [-0.39, 0.29) is 23.9 Å². The topological polar surface area (TPSA) is 166 Å². The third-order valence-electron chi connectivity index (χ3n) is 12.5. The van der Waals surface area contributed by atoms with Crippen molar-refractivity contribution in [1.82, 2.24) is 19.8 Å². The van der Waals surface area contributed by atoms with Gasteiger partial charge in [0.1, 0.15) is 11.9 Å². The van der Waals surface area contributed by atoms with Crippen molar-refractivity contribution in [2.75, 3.05) is 38.5 Å². The van der Waals surface area contributed by atoms with E-state index < -0.39 is 17.8 Å². The molecule has 0 aromatic carbocycles. The van der Waals surface area contributed by atoms with Crippen molar-refractivity contribution in [2.45, 2.75) is 264 Å². The maximum atomic E-state index is 12.9. The van der Waals surface area contributed by atoms with Crippen LogP contribution in [0.3, 0.4) is 0 Å². The first-order valence-corrected chi connectivity index (χ1v) is 27.1. The van der Waals surface area contributed by atoms with Crippen molar-refractivity contribution in [2.24, 2.45) is 0 Å². The summed E-state index contributed by atoms with van der Waals surface area (Å²) in [7, 11) is 0. The van der Waals surface area contributed by atoms with Crippen LogP contribution < -0.4 is 16.7 Å². The molecule has 0 spiro atoms. The fraction of sp³-hybridized carbons (Fsp3) is 0.868. The van der Waals surface area contributed by atoms with E-state index in [0.29, 0.717) is 45.4 Å². The number of rotatable bonds is 46. The zero-order valence-electron chi connectivity index (χ0n) is 42.1. The molecule has 1 unspecified atom stereocenters. The van der Waals surface area contributed by atoms with Crippen molar-refractivity contribution >= 4 is 23.8 Å². The molecule has 12 nitrogen and oxygen atoms in total. The molecule has 0 radical (unpaired) electrons. The number of carbonyl (C=O) groups excluding carboxylic acids is 3. The Hall–Kier alpha value is -2.99. The van der Waals surface area contributed by atoms with Crippen LogP contribution in [0.1, 0.15) is 252 Å². The van der Waals surface area contributed by atoms with Crippen molar-refractivity contribution < 1.29 is 29.0 Å². The molecule has 0 aliphatic heterocycles. The molecular weight excluding hydrogens is 819 g/mol. The number of nitrogens with two attached hydrogens (primary N) is 1. The Labute approximate surface area is 396 Å². The number of unbranched alkanes of at least 4 members (excludes halogenated alkanes) is 25. The standard InChI is InChI=1S/C53H99N5O7/c1-4-7-10-13-16-17-18-24-34-45-64-50(60)38-29-25-33-43-57(46-47(59)35-30-31-41-55-52(62)58-44-40-49(54)56-53(58)63)42-32-23-19-22-28-39-51(61)65-48(36-26-20-14-11-8-5-2)37-27-21-15-12-9-6-3/h40,44,47-48,59H,4-39,41-43,45-46H2,1-3H3,(H,55,62)(H2,54,56,63). The predicted octanol–water partition coefficient (Wildman–Crippen LogP) is 12.6. The van der Waals surface area contributed by atoms with Gasteiger partial charge in [0.25, 0.3) is 0 Å². The van der Waals surface area contributed by atoms with E-state index in [4.69, 9.17) is 15.2 Å². The van der Waals surface area contributed by atoms with Crippen molar-refractivity contribution in [3.63, 3.8) is 0 Å². The number of aliphatic hydroxyl groups is 1.